The van der Waals surface area contributed by atoms with E-state index in [2.05, 4.69) is 5.32 Å². The van der Waals surface area contributed by atoms with Gasteiger partial charge in [0.15, 0.2) is 5.78 Å². The van der Waals surface area contributed by atoms with Crippen molar-refractivity contribution in [2.24, 2.45) is 0 Å². The quantitative estimate of drug-likeness (QED) is 0.829. The largest absolute Gasteiger partial charge is 0.339 e. The Balaban J connectivity index is 1.74. The summed E-state index contributed by atoms with van der Waals surface area (Å²) in [4.78, 5) is 38.7. The van der Waals surface area contributed by atoms with E-state index < -0.39 is 0 Å². The van der Waals surface area contributed by atoms with Crippen LogP contribution in [0.1, 0.15) is 63.7 Å². The van der Waals surface area contributed by atoms with Crippen LogP contribution in [-0.4, -0.2) is 35.6 Å². The van der Waals surface area contributed by atoms with Gasteiger partial charge in [-0.2, -0.15) is 0 Å². The SMILES string of the molecule is CC(=O)c1cccc(NC(=O)c2cccc(C(=O)N3CCCCCC3)c2)c1. The third-order valence-corrected chi connectivity index (χ3v) is 4.79. The molecule has 0 aliphatic carbocycles. The number of benzene rings is 2. The molecule has 3 rings (SSSR count). The smallest absolute Gasteiger partial charge is 0.255 e. The summed E-state index contributed by atoms with van der Waals surface area (Å²) in [6.07, 6.45) is 4.37. The van der Waals surface area contributed by atoms with Gasteiger partial charge in [0, 0.05) is 35.5 Å². The molecular formula is C22H24N2O3. The van der Waals surface area contributed by atoms with Crippen LogP contribution in [0.15, 0.2) is 48.5 Å². The van der Waals surface area contributed by atoms with Crippen LogP contribution in [0, 0.1) is 0 Å². The molecule has 0 atom stereocenters. The lowest BCUT2D eigenvalue weighted by Crippen LogP contribution is -2.32. The average Bonchev–Trinajstić information content (AvgIpc) is 2.97. The fourth-order valence-corrected chi connectivity index (χ4v) is 3.27. The van der Waals surface area contributed by atoms with Gasteiger partial charge in [-0.25, -0.2) is 0 Å². The lowest BCUT2D eigenvalue weighted by molar-refractivity contribution is 0.0761. The second-order valence-corrected chi connectivity index (χ2v) is 6.88. The van der Waals surface area contributed by atoms with Crippen LogP contribution in [0.3, 0.4) is 0 Å². The predicted octanol–water partition coefficient (Wildman–Crippen LogP) is 4.16. The molecule has 1 aliphatic heterocycles. The first-order valence-corrected chi connectivity index (χ1v) is 9.36. The lowest BCUT2D eigenvalue weighted by atomic mass is 10.1. The third kappa shape index (κ3) is 4.82. The molecule has 1 heterocycles. The highest BCUT2D eigenvalue weighted by atomic mass is 16.2. The highest BCUT2D eigenvalue weighted by molar-refractivity contribution is 6.06. The molecule has 1 aliphatic rings. The molecule has 1 saturated heterocycles. The Morgan fingerprint density at radius 3 is 2.15 bits per heavy atom. The zero-order valence-electron chi connectivity index (χ0n) is 15.5. The third-order valence-electron chi connectivity index (χ3n) is 4.79. The van der Waals surface area contributed by atoms with E-state index in [9.17, 15) is 14.4 Å². The van der Waals surface area contributed by atoms with Crippen LogP contribution >= 0.6 is 0 Å². The number of carbonyl (C=O) groups is 3. The molecule has 0 spiro atoms. The summed E-state index contributed by atoms with van der Waals surface area (Å²) in [5.74, 6) is -0.387. The van der Waals surface area contributed by atoms with Gasteiger partial charge in [-0.1, -0.05) is 31.0 Å². The van der Waals surface area contributed by atoms with E-state index in [1.54, 1.807) is 48.5 Å². The van der Waals surface area contributed by atoms with Crippen molar-refractivity contribution in [1.82, 2.24) is 4.90 Å². The van der Waals surface area contributed by atoms with Crippen molar-refractivity contribution < 1.29 is 14.4 Å². The fourth-order valence-electron chi connectivity index (χ4n) is 3.27. The van der Waals surface area contributed by atoms with Gasteiger partial charge in [0.2, 0.25) is 0 Å². The minimum atomic E-state index is -0.304. The monoisotopic (exact) mass is 364 g/mol. The lowest BCUT2D eigenvalue weighted by Gasteiger charge is -2.20. The minimum absolute atomic E-state index is 0.0230. The maximum absolute atomic E-state index is 12.8. The molecule has 0 aromatic heterocycles. The summed E-state index contributed by atoms with van der Waals surface area (Å²) in [7, 11) is 0. The standard InChI is InChI=1S/C22H24N2O3/c1-16(25)17-8-7-11-20(15-17)23-21(26)18-9-6-10-19(14-18)22(27)24-12-4-2-3-5-13-24/h6-11,14-15H,2-5,12-13H2,1H3,(H,23,26). The maximum atomic E-state index is 12.8. The molecule has 27 heavy (non-hydrogen) atoms. The molecule has 0 bridgehead atoms. The second-order valence-electron chi connectivity index (χ2n) is 6.88. The average molecular weight is 364 g/mol. The van der Waals surface area contributed by atoms with Crippen LogP contribution < -0.4 is 5.32 Å². The number of anilines is 1. The molecule has 0 saturated carbocycles. The van der Waals surface area contributed by atoms with Gasteiger partial charge >= 0.3 is 0 Å². The van der Waals surface area contributed by atoms with Crippen molar-refractivity contribution in [2.45, 2.75) is 32.6 Å². The second kappa shape index (κ2) is 8.62. The normalized spacial score (nSPS) is 14.3. The molecule has 1 N–H and O–H groups in total. The number of carbonyl (C=O) groups excluding carboxylic acids is 3. The van der Waals surface area contributed by atoms with Gasteiger partial charge in [-0.05, 0) is 50.1 Å². The fraction of sp³-hybridized carbons (Fsp3) is 0.318. The number of amides is 2. The van der Waals surface area contributed by atoms with Gasteiger partial charge in [0.25, 0.3) is 11.8 Å². The summed E-state index contributed by atoms with van der Waals surface area (Å²) >= 11 is 0. The van der Waals surface area contributed by atoms with E-state index in [1.807, 2.05) is 4.90 Å². The first kappa shape index (κ1) is 18.8. The number of ketones is 1. The highest BCUT2D eigenvalue weighted by Crippen LogP contribution is 2.16. The highest BCUT2D eigenvalue weighted by Gasteiger charge is 2.18. The van der Waals surface area contributed by atoms with Gasteiger partial charge < -0.3 is 10.2 Å². The van der Waals surface area contributed by atoms with E-state index in [0.29, 0.717) is 22.4 Å². The first-order valence-electron chi connectivity index (χ1n) is 9.36. The van der Waals surface area contributed by atoms with Crippen molar-refractivity contribution in [3.8, 4) is 0 Å². The van der Waals surface area contributed by atoms with E-state index in [0.717, 1.165) is 38.8 Å². The maximum Gasteiger partial charge on any atom is 0.255 e. The summed E-state index contributed by atoms with van der Waals surface area (Å²) in [6, 6.07) is 13.6. The number of nitrogens with one attached hydrogen (secondary N) is 1. The van der Waals surface area contributed by atoms with E-state index >= 15 is 0 Å². The van der Waals surface area contributed by atoms with Crippen molar-refractivity contribution in [1.29, 1.82) is 0 Å². The Labute approximate surface area is 159 Å². The van der Waals surface area contributed by atoms with Gasteiger partial charge in [-0.3, -0.25) is 14.4 Å². The summed E-state index contributed by atoms with van der Waals surface area (Å²) in [5.41, 5.74) is 2.04. The number of nitrogens with zero attached hydrogens (tertiary/aromatic N) is 1. The van der Waals surface area contributed by atoms with Crippen LogP contribution in [0.5, 0.6) is 0 Å². The molecule has 0 unspecified atom stereocenters. The molecule has 1 fully saturated rings. The van der Waals surface area contributed by atoms with Gasteiger partial charge in [0.05, 0.1) is 0 Å². The zero-order valence-corrected chi connectivity index (χ0v) is 15.5. The van der Waals surface area contributed by atoms with Gasteiger partial charge in [0.1, 0.15) is 0 Å². The molecule has 2 aromatic rings. The van der Waals surface area contributed by atoms with E-state index in [-0.39, 0.29) is 17.6 Å². The van der Waals surface area contributed by atoms with Crippen molar-refractivity contribution in [2.75, 3.05) is 18.4 Å². The Morgan fingerprint density at radius 1 is 0.815 bits per heavy atom. The van der Waals surface area contributed by atoms with E-state index in [4.69, 9.17) is 0 Å². The molecular weight excluding hydrogens is 340 g/mol. The van der Waals surface area contributed by atoms with Crippen molar-refractivity contribution >= 4 is 23.3 Å². The van der Waals surface area contributed by atoms with Gasteiger partial charge in [-0.15, -0.1) is 0 Å². The molecule has 140 valence electrons. The predicted molar refractivity (Wildman–Crippen MR) is 105 cm³/mol. The molecule has 5 heteroatoms. The summed E-state index contributed by atoms with van der Waals surface area (Å²) in [6.45, 7) is 3.03. The first-order chi connectivity index (χ1) is 13.0. The van der Waals surface area contributed by atoms with Crippen molar-refractivity contribution in [3.05, 3.63) is 65.2 Å². The van der Waals surface area contributed by atoms with Crippen LogP contribution in [0.4, 0.5) is 5.69 Å². The van der Waals surface area contributed by atoms with Crippen molar-refractivity contribution in [3.63, 3.8) is 0 Å². The number of hydrogen-bond acceptors (Lipinski definition) is 3. The zero-order chi connectivity index (χ0) is 19.2. The Kier molecular flexibility index (Phi) is 6.01. The molecule has 2 amide bonds. The summed E-state index contributed by atoms with van der Waals surface area (Å²) in [5, 5.41) is 2.79. The van der Waals surface area contributed by atoms with Crippen LogP contribution in [-0.2, 0) is 0 Å². The minimum Gasteiger partial charge on any atom is -0.339 e. The molecule has 2 aromatic carbocycles. The summed E-state index contributed by atoms with van der Waals surface area (Å²) < 4.78 is 0. The number of rotatable bonds is 4. The van der Waals surface area contributed by atoms with E-state index in [1.165, 1.54) is 6.92 Å². The molecule has 5 nitrogen and oxygen atoms in total. The van der Waals surface area contributed by atoms with Crippen LogP contribution in [0.2, 0.25) is 0 Å². The molecule has 0 radical (unpaired) electrons. The number of Topliss-reactive ketones (excluding diaryl/α,β-unsaturated/α-hetero) is 1. The number of hydrogen-bond donors (Lipinski definition) is 1. The Bertz CT molecular complexity index is 852. The topological polar surface area (TPSA) is 66.5 Å². The Hall–Kier alpha value is -2.95. The number of likely N-dealkylation sites (tertiary alicyclic amines) is 1. The van der Waals surface area contributed by atoms with Crippen LogP contribution in [0.25, 0.3) is 0 Å². The Morgan fingerprint density at radius 2 is 1.44 bits per heavy atom.